The van der Waals surface area contributed by atoms with Gasteiger partial charge in [0, 0.05) is 11.6 Å². The molecule has 86 valence electrons. The van der Waals surface area contributed by atoms with Gasteiger partial charge in [0.25, 0.3) is 0 Å². The Morgan fingerprint density at radius 3 is 2.50 bits per heavy atom. The van der Waals surface area contributed by atoms with E-state index in [0.717, 1.165) is 0 Å². The molecule has 0 aliphatic heterocycles. The van der Waals surface area contributed by atoms with Gasteiger partial charge in [-0.2, -0.15) is 0 Å². The lowest BCUT2D eigenvalue weighted by Gasteiger charge is -2.18. The lowest BCUT2D eigenvalue weighted by molar-refractivity contribution is -0.123. The number of pyridine rings is 1. The first kappa shape index (κ1) is 12.2. The largest absolute Gasteiger partial charge is 0.478 e. The molecule has 0 saturated heterocycles. The number of carbonyl (C=O) groups excluding carboxylic acids is 1. The number of hydrogen-bond acceptors (Lipinski definition) is 3. The van der Waals surface area contributed by atoms with E-state index in [4.69, 9.17) is 5.11 Å². The SMILES string of the molecule is CC(C)(C)C(=O)Nc1cnccc1C(=O)O. The molecule has 0 unspecified atom stereocenters. The monoisotopic (exact) mass is 222 g/mol. The molecule has 5 nitrogen and oxygen atoms in total. The molecule has 0 fully saturated rings. The number of carboxylic acid groups (broad SMARTS) is 1. The standard InChI is InChI=1S/C11H14N2O3/c1-11(2,3)10(16)13-8-6-12-5-4-7(8)9(14)15/h4-6H,1-3H3,(H,13,16)(H,14,15). The Morgan fingerprint density at radius 2 is 2.00 bits per heavy atom. The summed E-state index contributed by atoms with van der Waals surface area (Å²) in [5.41, 5.74) is -0.325. The number of hydrogen-bond donors (Lipinski definition) is 2. The highest BCUT2D eigenvalue weighted by atomic mass is 16.4. The summed E-state index contributed by atoms with van der Waals surface area (Å²) in [5, 5.41) is 11.5. The fraction of sp³-hybridized carbons (Fsp3) is 0.364. The summed E-state index contributed by atoms with van der Waals surface area (Å²) >= 11 is 0. The van der Waals surface area contributed by atoms with Crippen LogP contribution in [-0.4, -0.2) is 22.0 Å². The summed E-state index contributed by atoms with van der Waals surface area (Å²) in [5.74, 6) is -1.34. The summed E-state index contributed by atoms with van der Waals surface area (Å²) < 4.78 is 0. The molecule has 1 aromatic rings. The highest BCUT2D eigenvalue weighted by Gasteiger charge is 2.23. The van der Waals surface area contributed by atoms with Crippen molar-refractivity contribution in [1.29, 1.82) is 0 Å². The Hall–Kier alpha value is -1.91. The maximum absolute atomic E-state index is 11.7. The number of rotatable bonds is 2. The van der Waals surface area contributed by atoms with Crippen molar-refractivity contribution >= 4 is 17.6 Å². The van der Waals surface area contributed by atoms with E-state index in [1.54, 1.807) is 20.8 Å². The first-order valence-electron chi connectivity index (χ1n) is 4.81. The quantitative estimate of drug-likeness (QED) is 0.799. The molecule has 5 heteroatoms. The smallest absolute Gasteiger partial charge is 0.337 e. The van der Waals surface area contributed by atoms with E-state index in [0.29, 0.717) is 0 Å². The van der Waals surface area contributed by atoms with Crippen LogP contribution in [0.5, 0.6) is 0 Å². The summed E-state index contributed by atoms with van der Waals surface area (Å²) in [4.78, 5) is 26.3. The molecular weight excluding hydrogens is 208 g/mol. The van der Waals surface area contributed by atoms with Gasteiger partial charge in [0.1, 0.15) is 0 Å². The zero-order chi connectivity index (χ0) is 12.3. The second-order valence-electron chi connectivity index (χ2n) is 4.43. The van der Waals surface area contributed by atoms with Gasteiger partial charge in [-0.1, -0.05) is 20.8 Å². The van der Waals surface area contributed by atoms with E-state index in [9.17, 15) is 9.59 Å². The van der Waals surface area contributed by atoms with Crippen molar-refractivity contribution in [3.8, 4) is 0 Å². The number of carboxylic acids is 1. The van der Waals surface area contributed by atoms with Crippen molar-refractivity contribution in [3.05, 3.63) is 24.0 Å². The Labute approximate surface area is 93.5 Å². The van der Waals surface area contributed by atoms with Gasteiger partial charge in [-0.3, -0.25) is 9.78 Å². The van der Waals surface area contributed by atoms with Crippen LogP contribution < -0.4 is 5.32 Å². The van der Waals surface area contributed by atoms with Crippen LogP contribution in [0.4, 0.5) is 5.69 Å². The van der Waals surface area contributed by atoms with Crippen molar-refractivity contribution in [2.45, 2.75) is 20.8 Å². The predicted octanol–water partition coefficient (Wildman–Crippen LogP) is 1.76. The van der Waals surface area contributed by atoms with Crippen molar-refractivity contribution in [3.63, 3.8) is 0 Å². The van der Waals surface area contributed by atoms with Crippen LogP contribution in [0.3, 0.4) is 0 Å². The van der Waals surface area contributed by atoms with E-state index in [2.05, 4.69) is 10.3 Å². The van der Waals surface area contributed by atoms with E-state index < -0.39 is 11.4 Å². The molecule has 2 N–H and O–H groups in total. The first-order chi connectivity index (χ1) is 7.32. The Bertz CT molecular complexity index is 421. The number of carbonyl (C=O) groups is 2. The predicted molar refractivity (Wildman–Crippen MR) is 59.3 cm³/mol. The number of aromatic carboxylic acids is 1. The van der Waals surface area contributed by atoms with Crippen LogP contribution >= 0.6 is 0 Å². The van der Waals surface area contributed by atoms with Gasteiger partial charge in [0.15, 0.2) is 0 Å². The third kappa shape index (κ3) is 2.79. The van der Waals surface area contributed by atoms with Gasteiger partial charge in [-0.15, -0.1) is 0 Å². The minimum absolute atomic E-state index is 0.0348. The minimum Gasteiger partial charge on any atom is -0.478 e. The molecule has 1 rings (SSSR count). The van der Waals surface area contributed by atoms with Gasteiger partial charge in [0.2, 0.25) is 5.91 Å². The molecule has 16 heavy (non-hydrogen) atoms. The molecule has 0 radical (unpaired) electrons. The van der Waals surface area contributed by atoms with Gasteiger partial charge in [-0.25, -0.2) is 4.79 Å². The van der Waals surface area contributed by atoms with Crippen LogP contribution in [0.2, 0.25) is 0 Å². The molecule has 0 aromatic carbocycles. The summed E-state index contributed by atoms with van der Waals surface area (Å²) in [7, 11) is 0. The van der Waals surface area contributed by atoms with E-state index in [1.807, 2.05) is 0 Å². The molecule has 1 aromatic heterocycles. The highest BCUT2D eigenvalue weighted by molar-refractivity contribution is 6.01. The van der Waals surface area contributed by atoms with Crippen LogP contribution in [0.1, 0.15) is 31.1 Å². The van der Waals surface area contributed by atoms with Gasteiger partial charge in [0.05, 0.1) is 17.4 Å². The Kier molecular flexibility index (Phi) is 3.27. The van der Waals surface area contributed by atoms with Gasteiger partial charge >= 0.3 is 5.97 Å². The fourth-order valence-corrected chi connectivity index (χ4v) is 0.990. The van der Waals surface area contributed by atoms with Crippen molar-refractivity contribution < 1.29 is 14.7 Å². The molecule has 1 heterocycles. The normalized spacial score (nSPS) is 10.9. The van der Waals surface area contributed by atoms with E-state index >= 15 is 0 Å². The molecule has 0 aliphatic rings. The van der Waals surface area contributed by atoms with E-state index in [1.165, 1.54) is 18.5 Å². The topological polar surface area (TPSA) is 79.3 Å². The molecule has 0 atom stereocenters. The number of nitrogens with zero attached hydrogens (tertiary/aromatic N) is 1. The second-order valence-corrected chi connectivity index (χ2v) is 4.43. The van der Waals surface area contributed by atoms with Crippen molar-refractivity contribution in [2.75, 3.05) is 5.32 Å². The summed E-state index contributed by atoms with van der Waals surface area (Å²) in [6.07, 6.45) is 2.70. The molecule has 1 amide bonds. The van der Waals surface area contributed by atoms with Crippen molar-refractivity contribution in [1.82, 2.24) is 4.98 Å². The second kappa shape index (κ2) is 4.30. The number of amides is 1. The average Bonchev–Trinajstić information content (AvgIpc) is 2.16. The van der Waals surface area contributed by atoms with Crippen LogP contribution in [0.15, 0.2) is 18.5 Å². The molecule has 0 aliphatic carbocycles. The van der Waals surface area contributed by atoms with Gasteiger partial charge < -0.3 is 10.4 Å². The van der Waals surface area contributed by atoms with Crippen LogP contribution in [0, 0.1) is 5.41 Å². The number of nitrogens with one attached hydrogen (secondary N) is 1. The Morgan fingerprint density at radius 1 is 1.38 bits per heavy atom. The average molecular weight is 222 g/mol. The van der Waals surface area contributed by atoms with Gasteiger partial charge in [-0.05, 0) is 6.07 Å². The molecular formula is C11H14N2O3. The minimum atomic E-state index is -1.09. The first-order valence-corrected chi connectivity index (χ1v) is 4.81. The number of anilines is 1. The third-order valence-electron chi connectivity index (χ3n) is 1.98. The lowest BCUT2D eigenvalue weighted by Crippen LogP contribution is -2.28. The maximum atomic E-state index is 11.7. The summed E-state index contributed by atoms with van der Waals surface area (Å²) in [6.45, 7) is 5.25. The zero-order valence-electron chi connectivity index (χ0n) is 9.44. The Balaban J connectivity index is 2.98. The maximum Gasteiger partial charge on any atom is 0.337 e. The molecule has 0 bridgehead atoms. The van der Waals surface area contributed by atoms with E-state index in [-0.39, 0.29) is 17.2 Å². The van der Waals surface area contributed by atoms with Crippen LogP contribution in [0.25, 0.3) is 0 Å². The molecule has 0 saturated carbocycles. The number of aromatic nitrogens is 1. The third-order valence-corrected chi connectivity index (χ3v) is 1.98. The lowest BCUT2D eigenvalue weighted by atomic mass is 9.95. The summed E-state index contributed by atoms with van der Waals surface area (Å²) in [6, 6.07) is 1.35. The van der Waals surface area contributed by atoms with Crippen molar-refractivity contribution in [2.24, 2.45) is 5.41 Å². The highest BCUT2D eigenvalue weighted by Crippen LogP contribution is 2.19. The zero-order valence-corrected chi connectivity index (χ0v) is 9.44. The van der Waals surface area contributed by atoms with Crippen LogP contribution in [-0.2, 0) is 4.79 Å². The molecule has 0 spiro atoms. The fourth-order valence-electron chi connectivity index (χ4n) is 0.990.